The van der Waals surface area contributed by atoms with Crippen molar-refractivity contribution in [2.75, 3.05) is 19.8 Å². The molecule has 0 saturated carbocycles. The van der Waals surface area contributed by atoms with Gasteiger partial charge < -0.3 is 65.1 Å². The van der Waals surface area contributed by atoms with Crippen LogP contribution in [0.15, 0.2) is 85.1 Å². The summed E-state index contributed by atoms with van der Waals surface area (Å²) in [5, 5.41) is 87.8. The van der Waals surface area contributed by atoms with E-state index >= 15 is 0 Å². The second-order valence-electron chi connectivity index (χ2n) is 29.6. The number of nitrogens with one attached hydrogen (secondary N) is 1. The van der Waals surface area contributed by atoms with Crippen molar-refractivity contribution in [1.29, 1.82) is 0 Å². The van der Waals surface area contributed by atoms with E-state index in [9.17, 15) is 45.6 Å². The van der Waals surface area contributed by atoms with Gasteiger partial charge in [0.15, 0.2) is 12.6 Å². The normalized spacial score (nSPS) is 22.2. The van der Waals surface area contributed by atoms with Gasteiger partial charge in [0.05, 0.1) is 32.0 Å². The summed E-state index contributed by atoms with van der Waals surface area (Å²) >= 11 is 0. The van der Waals surface area contributed by atoms with E-state index < -0.39 is 86.8 Å². The summed E-state index contributed by atoms with van der Waals surface area (Å²) in [5.41, 5.74) is 0. The van der Waals surface area contributed by atoms with Gasteiger partial charge in [-0.15, -0.1) is 0 Å². The first-order valence-corrected chi connectivity index (χ1v) is 42.3. The van der Waals surface area contributed by atoms with Crippen LogP contribution in [-0.4, -0.2) is 140 Å². The van der Waals surface area contributed by atoms with Gasteiger partial charge in [0.25, 0.3) is 0 Å². The van der Waals surface area contributed by atoms with Crippen LogP contribution in [-0.2, 0) is 23.7 Å². The molecule has 0 bridgehead atoms. The second kappa shape index (κ2) is 70.2. The third kappa shape index (κ3) is 52.7. The molecule has 2 saturated heterocycles. The Kier molecular flexibility index (Phi) is 65.5. The highest BCUT2D eigenvalue weighted by Crippen LogP contribution is 2.30. The van der Waals surface area contributed by atoms with Gasteiger partial charge in [-0.2, -0.15) is 0 Å². The number of aliphatic hydroxyl groups excluding tert-OH is 8. The highest BCUT2D eigenvalue weighted by Gasteiger charge is 2.51. The van der Waals surface area contributed by atoms with E-state index in [1.165, 1.54) is 263 Å². The summed E-state index contributed by atoms with van der Waals surface area (Å²) in [5.74, 6) is -0.235. The lowest BCUT2D eigenvalue weighted by Gasteiger charge is -2.46. The first-order valence-electron chi connectivity index (χ1n) is 42.3. The molecule has 9 N–H and O–H groups in total. The Morgan fingerprint density at radius 1 is 0.366 bits per heavy atom. The predicted octanol–water partition coefficient (Wildman–Crippen LogP) is 19.9. The molecule has 2 heterocycles. The van der Waals surface area contributed by atoms with Gasteiger partial charge in [-0.05, 0) is 70.6 Å². The highest BCUT2D eigenvalue weighted by molar-refractivity contribution is 5.76. The summed E-state index contributed by atoms with van der Waals surface area (Å²) < 4.78 is 22.9. The molecule has 0 aliphatic carbocycles. The fourth-order valence-electron chi connectivity index (χ4n) is 13.7. The number of amides is 1. The van der Waals surface area contributed by atoms with Gasteiger partial charge >= 0.3 is 0 Å². The minimum Gasteiger partial charge on any atom is -0.394 e. The van der Waals surface area contributed by atoms with Gasteiger partial charge in [0.2, 0.25) is 5.91 Å². The molecule has 2 fully saturated rings. The van der Waals surface area contributed by atoms with Crippen molar-refractivity contribution in [3.63, 3.8) is 0 Å². The highest BCUT2D eigenvalue weighted by atomic mass is 16.7. The van der Waals surface area contributed by atoms with Crippen LogP contribution in [0.4, 0.5) is 0 Å². The molecular formula is C87H157NO13. The average molecular weight is 1430 g/mol. The van der Waals surface area contributed by atoms with Crippen LogP contribution in [0.5, 0.6) is 0 Å². The van der Waals surface area contributed by atoms with E-state index in [4.69, 9.17) is 18.9 Å². The fourth-order valence-corrected chi connectivity index (χ4v) is 13.7. The fraction of sp³-hybridized carbons (Fsp3) is 0.828. The van der Waals surface area contributed by atoms with Crippen molar-refractivity contribution in [2.24, 2.45) is 0 Å². The molecule has 12 atom stereocenters. The number of hydrogen-bond donors (Lipinski definition) is 9. The second-order valence-corrected chi connectivity index (χ2v) is 29.6. The quantitative estimate of drug-likeness (QED) is 0.0204. The van der Waals surface area contributed by atoms with Crippen LogP contribution >= 0.6 is 0 Å². The Hall–Kier alpha value is -2.83. The molecule has 588 valence electrons. The van der Waals surface area contributed by atoms with Crippen molar-refractivity contribution in [1.82, 2.24) is 5.32 Å². The number of carbonyl (C=O) groups excluding carboxylic acids is 1. The van der Waals surface area contributed by atoms with E-state index in [0.717, 1.165) is 77.0 Å². The van der Waals surface area contributed by atoms with Crippen LogP contribution < -0.4 is 5.32 Å². The lowest BCUT2D eigenvalue weighted by Crippen LogP contribution is -2.65. The molecular weight excluding hydrogens is 1270 g/mol. The molecule has 0 radical (unpaired) electrons. The van der Waals surface area contributed by atoms with Gasteiger partial charge in [0, 0.05) is 6.42 Å². The maximum atomic E-state index is 13.4. The van der Waals surface area contributed by atoms with E-state index in [-0.39, 0.29) is 18.9 Å². The molecule has 2 aliphatic rings. The molecule has 14 nitrogen and oxygen atoms in total. The summed E-state index contributed by atoms with van der Waals surface area (Å²) in [7, 11) is 0. The molecule has 0 aromatic rings. The average Bonchev–Trinajstić information content (AvgIpc) is 0.792. The molecule has 0 aromatic carbocycles. The molecule has 0 spiro atoms. The number of rotatable bonds is 71. The van der Waals surface area contributed by atoms with Crippen LogP contribution in [0.2, 0.25) is 0 Å². The smallest absolute Gasteiger partial charge is 0.220 e. The third-order valence-electron chi connectivity index (χ3n) is 20.3. The molecule has 12 unspecified atom stereocenters. The number of carbonyl (C=O) groups is 1. The van der Waals surface area contributed by atoms with Crippen LogP contribution in [0, 0.1) is 0 Å². The van der Waals surface area contributed by atoms with E-state index in [1.807, 2.05) is 6.08 Å². The number of aliphatic hydroxyl groups is 8. The topological polar surface area (TPSA) is 228 Å². The molecule has 1 amide bonds. The Morgan fingerprint density at radius 2 is 0.683 bits per heavy atom. The van der Waals surface area contributed by atoms with Crippen molar-refractivity contribution in [2.45, 2.75) is 441 Å². The summed E-state index contributed by atoms with van der Waals surface area (Å²) in [6, 6.07) is -0.919. The Balaban J connectivity index is 1.59. The van der Waals surface area contributed by atoms with Crippen LogP contribution in [0.3, 0.4) is 0 Å². The Bertz CT molecular complexity index is 2020. The van der Waals surface area contributed by atoms with E-state index in [0.29, 0.717) is 6.42 Å². The molecule has 0 aromatic heterocycles. The van der Waals surface area contributed by atoms with Crippen LogP contribution in [0.25, 0.3) is 0 Å². The number of ether oxygens (including phenoxy) is 4. The monoisotopic (exact) mass is 1420 g/mol. The Labute approximate surface area is 618 Å². The van der Waals surface area contributed by atoms with Crippen molar-refractivity contribution >= 4 is 5.91 Å². The van der Waals surface area contributed by atoms with Gasteiger partial charge in [-0.3, -0.25) is 4.79 Å². The van der Waals surface area contributed by atoms with Gasteiger partial charge in [-0.25, -0.2) is 0 Å². The lowest BCUT2D eigenvalue weighted by molar-refractivity contribution is -0.359. The van der Waals surface area contributed by atoms with Crippen molar-refractivity contribution < 1.29 is 64.6 Å². The minimum atomic E-state index is -1.79. The summed E-state index contributed by atoms with van der Waals surface area (Å²) in [6.45, 7) is 2.74. The van der Waals surface area contributed by atoms with E-state index in [2.05, 4.69) is 92.1 Å². The van der Waals surface area contributed by atoms with Gasteiger partial charge in [-0.1, -0.05) is 375 Å². The third-order valence-corrected chi connectivity index (χ3v) is 20.3. The first kappa shape index (κ1) is 94.3. The SMILES string of the molecule is CC/C=C\C/C=C\C/C=C\C/C=C\C/C=C\C/C=C\CCCCCCCCCCCCCCCCCCCCC(=O)NC(COC1OC(CO)C(OC2OC(CO)C(O)C(O)C2O)C(O)C1O)C(O)/C=C/CCCCCCCCCCCCCCCCCCCCCCCCCCCCCC. The minimum absolute atomic E-state index is 0.235. The van der Waals surface area contributed by atoms with Crippen molar-refractivity contribution in [3.05, 3.63) is 85.1 Å². The maximum absolute atomic E-state index is 13.4. The van der Waals surface area contributed by atoms with Crippen LogP contribution in [0.1, 0.15) is 367 Å². The number of allylic oxidation sites excluding steroid dienone is 13. The lowest BCUT2D eigenvalue weighted by atomic mass is 9.97. The van der Waals surface area contributed by atoms with Crippen molar-refractivity contribution in [3.8, 4) is 0 Å². The standard InChI is InChI=1S/C87H157NO13/c1-3-5-7-9-11-13-15-17-19-21-23-25-27-29-31-33-35-36-37-38-39-40-41-43-45-47-49-51-53-55-57-59-61-63-65-67-69-71-79(92)88-75(74-98-86-84(97)82(95)85(78(73-90)100-86)101-87-83(96)81(94)80(93)77(72-89)99-87)76(91)70-68-66-64-62-60-58-56-54-52-50-48-46-44-42-34-32-30-28-26-24-22-20-18-16-14-12-10-8-6-4-2/h5,7,11,13,17,19,23,25,29,31,35-36,68,70,75-78,80-87,89-91,93-97H,3-4,6,8-10,12,14-16,18,20-22,24,26-28,30,32-34,37-67,69,71-74H2,1-2H3,(H,88,92)/b7-5-,13-11-,19-17-,25-23-,31-29-,36-35-,70-68+. The zero-order chi connectivity index (χ0) is 73.0. The molecule has 2 rings (SSSR count). The summed E-state index contributed by atoms with van der Waals surface area (Å²) in [4.78, 5) is 13.4. The zero-order valence-corrected chi connectivity index (χ0v) is 64.6. The first-order chi connectivity index (χ1) is 49.6. The number of hydrogen-bond acceptors (Lipinski definition) is 13. The van der Waals surface area contributed by atoms with E-state index in [1.54, 1.807) is 6.08 Å². The number of unbranched alkanes of at least 4 members (excludes halogenated alkanes) is 46. The van der Waals surface area contributed by atoms with Gasteiger partial charge in [0.1, 0.15) is 48.8 Å². The summed E-state index contributed by atoms with van der Waals surface area (Å²) in [6.07, 6.45) is 82.4. The Morgan fingerprint density at radius 3 is 1.05 bits per heavy atom. The maximum Gasteiger partial charge on any atom is 0.220 e. The predicted molar refractivity (Wildman–Crippen MR) is 420 cm³/mol. The zero-order valence-electron chi connectivity index (χ0n) is 64.6. The molecule has 101 heavy (non-hydrogen) atoms. The largest absolute Gasteiger partial charge is 0.394 e. The molecule has 2 aliphatic heterocycles. The molecule has 14 heteroatoms.